The summed E-state index contributed by atoms with van der Waals surface area (Å²) in [6, 6.07) is 6.48. The normalized spacial score (nSPS) is 21.8. The average Bonchev–Trinajstić information content (AvgIpc) is 2.89. The largest absolute Gasteiger partial charge is 0.393 e. The zero-order valence-electron chi connectivity index (χ0n) is 11.2. The van der Waals surface area contributed by atoms with Crippen LogP contribution in [0.15, 0.2) is 29.2 Å². The molecule has 0 saturated carbocycles. The molecule has 1 heterocycles. The molecule has 2 unspecified atom stereocenters. The molecule has 2 rings (SSSR count). The zero-order chi connectivity index (χ0) is 14.9. The fraction of sp³-hybridized carbons (Fsp3) is 0.462. The van der Waals surface area contributed by atoms with E-state index in [0.717, 1.165) is 0 Å². The first kappa shape index (κ1) is 15.4. The first-order valence-electron chi connectivity index (χ1n) is 6.41. The van der Waals surface area contributed by atoms with Crippen LogP contribution in [0, 0.1) is 5.92 Å². The molecule has 1 fully saturated rings. The number of hydrogen-bond acceptors (Lipinski definition) is 4. The van der Waals surface area contributed by atoms with Gasteiger partial charge in [0.2, 0.25) is 10.0 Å². The molecule has 0 aliphatic carbocycles. The lowest BCUT2D eigenvalue weighted by molar-refractivity contribution is 0.133. The van der Waals surface area contributed by atoms with E-state index in [9.17, 15) is 13.5 Å². The molecule has 5 nitrogen and oxygen atoms in total. The van der Waals surface area contributed by atoms with Gasteiger partial charge in [-0.05, 0) is 25.3 Å². The van der Waals surface area contributed by atoms with Crippen molar-refractivity contribution in [1.29, 1.82) is 0 Å². The lowest BCUT2D eigenvalue weighted by atomic mass is 10.0. The van der Waals surface area contributed by atoms with Gasteiger partial charge in [0, 0.05) is 18.7 Å². The Morgan fingerprint density at radius 2 is 2.15 bits per heavy atom. The lowest BCUT2D eigenvalue weighted by Gasteiger charge is -2.19. The number of aliphatic hydroxyl groups is 1. The molecule has 1 aliphatic rings. The second kappa shape index (κ2) is 5.77. The van der Waals surface area contributed by atoms with Gasteiger partial charge in [-0.2, -0.15) is 4.31 Å². The minimum atomic E-state index is -3.63. The van der Waals surface area contributed by atoms with E-state index in [1.807, 2.05) is 0 Å². The quantitative estimate of drug-likeness (QED) is 0.800. The Bertz CT molecular complexity index is 614. The first-order chi connectivity index (χ1) is 9.34. The van der Waals surface area contributed by atoms with Gasteiger partial charge in [0.25, 0.3) is 0 Å². The van der Waals surface area contributed by atoms with Gasteiger partial charge >= 0.3 is 0 Å². The first-order valence-corrected chi connectivity index (χ1v) is 8.26. The predicted octanol–water partition coefficient (Wildman–Crippen LogP) is 0.712. The second-order valence-corrected chi connectivity index (χ2v) is 7.36. The highest BCUT2D eigenvalue weighted by Gasteiger charge is 2.35. The van der Waals surface area contributed by atoms with Gasteiger partial charge in [-0.15, -0.1) is 0 Å². The number of benzene rings is 1. The van der Waals surface area contributed by atoms with Crippen LogP contribution in [0.3, 0.4) is 0 Å². The summed E-state index contributed by atoms with van der Waals surface area (Å²) in [5.74, 6) is -0.0261. The Balaban J connectivity index is 2.35. The number of sulfonamides is 1. The lowest BCUT2D eigenvalue weighted by Crippen LogP contribution is -2.32. The SMILES string of the molecule is CC(O)C1CCN(S(=O)(=O)c2ccccc2C(N)=S)C1. The van der Waals surface area contributed by atoms with Crippen LogP contribution in [0.4, 0.5) is 0 Å². The number of rotatable bonds is 4. The van der Waals surface area contributed by atoms with E-state index in [2.05, 4.69) is 0 Å². The summed E-state index contributed by atoms with van der Waals surface area (Å²) in [5, 5.41) is 9.59. The van der Waals surface area contributed by atoms with Crippen LogP contribution in [0.5, 0.6) is 0 Å². The molecule has 2 atom stereocenters. The molecule has 0 amide bonds. The number of thiocarbonyl (C=S) groups is 1. The summed E-state index contributed by atoms with van der Waals surface area (Å²) in [6.07, 6.45) is 0.146. The van der Waals surface area contributed by atoms with Crippen molar-refractivity contribution < 1.29 is 13.5 Å². The predicted molar refractivity (Wildman–Crippen MR) is 80.9 cm³/mol. The van der Waals surface area contributed by atoms with Gasteiger partial charge < -0.3 is 10.8 Å². The smallest absolute Gasteiger partial charge is 0.243 e. The van der Waals surface area contributed by atoms with Gasteiger partial charge in [0.05, 0.1) is 11.0 Å². The fourth-order valence-electron chi connectivity index (χ4n) is 2.40. The summed E-state index contributed by atoms with van der Waals surface area (Å²) >= 11 is 4.91. The number of hydrogen-bond donors (Lipinski definition) is 2. The van der Waals surface area contributed by atoms with E-state index in [1.165, 1.54) is 10.4 Å². The summed E-state index contributed by atoms with van der Waals surface area (Å²) in [5.41, 5.74) is 5.96. The molecular weight excluding hydrogens is 296 g/mol. The molecule has 20 heavy (non-hydrogen) atoms. The second-order valence-electron chi connectivity index (χ2n) is 5.01. The fourth-order valence-corrected chi connectivity index (χ4v) is 4.36. The molecule has 0 spiro atoms. The van der Waals surface area contributed by atoms with Crippen molar-refractivity contribution in [3.05, 3.63) is 29.8 Å². The van der Waals surface area contributed by atoms with Crippen LogP contribution in [-0.4, -0.2) is 42.0 Å². The van der Waals surface area contributed by atoms with E-state index in [0.29, 0.717) is 25.1 Å². The minimum absolute atomic E-state index is 0.0261. The highest BCUT2D eigenvalue weighted by molar-refractivity contribution is 7.89. The van der Waals surface area contributed by atoms with Crippen LogP contribution in [-0.2, 0) is 10.0 Å². The topological polar surface area (TPSA) is 83.6 Å². The van der Waals surface area contributed by atoms with Gasteiger partial charge in [-0.1, -0.05) is 30.4 Å². The third-order valence-electron chi connectivity index (χ3n) is 3.64. The van der Waals surface area contributed by atoms with E-state index < -0.39 is 16.1 Å². The summed E-state index contributed by atoms with van der Waals surface area (Å²) in [7, 11) is -3.63. The molecule has 3 N–H and O–H groups in total. The van der Waals surface area contributed by atoms with Gasteiger partial charge in [-0.3, -0.25) is 0 Å². The highest BCUT2D eigenvalue weighted by Crippen LogP contribution is 2.27. The molecule has 0 bridgehead atoms. The maximum atomic E-state index is 12.7. The molecule has 1 aromatic rings. The van der Waals surface area contributed by atoms with Gasteiger partial charge in [0.1, 0.15) is 4.99 Å². The van der Waals surface area contributed by atoms with Gasteiger partial charge in [0.15, 0.2) is 0 Å². The van der Waals surface area contributed by atoms with Crippen molar-refractivity contribution in [3.8, 4) is 0 Å². The van der Waals surface area contributed by atoms with Crippen molar-refractivity contribution in [1.82, 2.24) is 4.31 Å². The maximum absolute atomic E-state index is 12.7. The molecular formula is C13H18N2O3S2. The third kappa shape index (κ3) is 2.85. The van der Waals surface area contributed by atoms with Crippen LogP contribution >= 0.6 is 12.2 Å². The van der Waals surface area contributed by atoms with Crippen LogP contribution in [0.25, 0.3) is 0 Å². The molecule has 1 aromatic carbocycles. The van der Waals surface area contributed by atoms with Crippen molar-refractivity contribution >= 4 is 27.2 Å². The average molecular weight is 314 g/mol. The van der Waals surface area contributed by atoms with Crippen LogP contribution in [0.1, 0.15) is 18.9 Å². The highest BCUT2D eigenvalue weighted by atomic mass is 32.2. The molecule has 1 saturated heterocycles. The van der Waals surface area contributed by atoms with Gasteiger partial charge in [-0.25, -0.2) is 8.42 Å². The Morgan fingerprint density at radius 3 is 2.70 bits per heavy atom. The Morgan fingerprint density at radius 1 is 1.50 bits per heavy atom. The molecule has 7 heteroatoms. The molecule has 0 radical (unpaired) electrons. The van der Waals surface area contributed by atoms with E-state index in [-0.39, 0.29) is 15.8 Å². The van der Waals surface area contributed by atoms with Crippen LogP contribution in [0.2, 0.25) is 0 Å². The van der Waals surface area contributed by atoms with Crippen molar-refractivity contribution in [2.24, 2.45) is 11.7 Å². The minimum Gasteiger partial charge on any atom is -0.393 e. The molecule has 110 valence electrons. The standard InChI is InChI=1S/C13H18N2O3S2/c1-9(16)10-6-7-15(8-10)20(17,18)12-5-3-2-4-11(12)13(14)19/h2-5,9-10,16H,6-8H2,1H3,(H2,14,19). The van der Waals surface area contributed by atoms with E-state index in [1.54, 1.807) is 25.1 Å². The zero-order valence-corrected chi connectivity index (χ0v) is 12.8. The summed E-state index contributed by atoms with van der Waals surface area (Å²) < 4.78 is 26.7. The summed E-state index contributed by atoms with van der Waals surface area (Å²) in [4.78, 5) is 0.203. The monoisotopic (exact) mass is 314 g/mol. The van der Waals surface area contributed by atoms with Crippen molar-refractivity contribution in [2.45, 2.75) is 24.3 Å². The number of nitrogens with zero attached hydrogens (tertiary/aromatic N) is 1. The van der Waals surface area contributed by atoms with Crippen molar-refractivity contribution in [3.63, 3.8) is 0 Å². The number of nitrogens with two attached hydrogens (primary N) is 1. The molecule has 0 aromatic heterocycles. The van der Waals surface area contributed by atoms with E-state index >= 15 is 0 Å². The maximum Gasteiger partial charge on any atom is 0.243 e. The molecule has 1 aliphatic heterocycles. The third-order valence-corrected chi connectivity index (χ3v) is 5.78. The summed E-state index contributed by atoms with van der Waals surface area (Å²) in [6.45, 7) is 2.42. The van der Waals surface area contributed by atoms with Crippen LogP contribution < -0.4 is 5.73 Å². The number of aliphatic hydroxyl groups excluding tert-OH is 1. The Labute approximate surface area is 124 Å². The van der Waals surface area contributed by atoms with E-state index in [4.69, 9.17) is 18.0 Å². The Kier molecular flexibility index (Phi) is 4.43. The van der Waals surface area contributed by atoms with Crippen molar-refractivity contribution in [2.75, 3.05) is 13.1 Å². The Hall–Kier alpha value is -1.02.